The third kappa shape index (κ3) is 1.52. The first kappa shape index (κ1) is 10.1. The molecule has 1 saturated carbocycles. The summed E-state index contributed by atoms with van der Waals surface area (Å²) in [5.74, 6) is 2.58. The average Bonchev–Trinajstić information content (AvgIpc) is 2.73. The van der Waals surface area contributed by atoms with Crippen molar-refractivity contribution < 1.29 is 0 Å². The predicted octanol–water partition coefficient (Wildman–Crippen LogP) is 4.62. The van der Waals surface area contributed by atoms with Crippen LogP contribution in [0.25, 0.3) is 6.08 Å². The first-order chi connectivity index (χ1) is 7.90. The van der Waals surface area contributed by atoms with Crippen molar-refractivity contribution >= 4 is 6.08 Å². The molecule has 1 fully saturated rings. The van der Waals surface area contributed by atoms with Gasteiger partial charge in [-0.15, -0.1) is 0 Å². The molecule has 0 amide bonds. The van der Waals surface area contributed by atoms with Crippen molar-refractivity contribution in [1.82, 2.24) is 0 Å². The quantitative estimate of drug-likeness (QED) is 0.671. The fraction of sp³-hybridized carbons (Fsp3) is 0.500. The Morgan fingerprint density at radius 3 is 2.94 bits per heavy atom. The van der Waals surface area contributed by atoms with E-state index >= 15 is 0 Å². The highest BCUT2D eigenvalue weighted by Crippen LogP contribution is 2.50. The van der Waals surface area contributed by atoms with Crippen molar-refractivity contribution in [2.75, 3.05) is 0 Å². The molecule has 16 heavy (non-hydrogen) atoms. The van der Waals surface area contributed by atoms with Crippen molar-refractivity contribution in [2.45, 2.75) is 38.5 Å². The van der Waals surface area contributed by atoms with Gasteiger partial charge in [-0.25, -0.2) is 0 Å². The summed E-state index contributed by atoms with van der Waals surface area (Å²) < 4.78 is 0. The van der Waals surface area contributed by atoms with E-state index in [0.717, 1.165) is 17.8 Å². The van der Waals surface area contributed by atoms with Gasteiger partial charge < -0.3 is 0 Å². The smallest absolute Gasteiger partial charge is 0.00646 e. The summed E-state index contributed by atoms with van der Waals surface area (Å²) in [6.45, 7) is 2.32. The largest absolute Gasteiger partial charge is 0.0802 e. The van der Waals surface area contributed by atoms with E-state index in [0.29, 0.717) is 0 Å². The van der Waals surface area contributed by atoms with Crippen LogP contribution < -0.4 is 0 Å². The monoisotopic (exact) mass is 212 g/mol. The second-order valence-electron chi connectivity index (χ2n) is 5.30. The van der Waals surface area contributed by atoms with Gasteiger partial charge in [0.1, 0.15) is 0 Å². The Kier molecular flexibility index (Phi) is 2.59. The number of benzene rings is 1. The van der Waals surface area contributed by atoms with Crippen molar-refractivity contribution in [3.05, 3.63) is 41.5 Å². The minimum absolute atomic E-state index is 0.821. The van der Waals surface area contributed by atoms with Crippen molar-refractivity contribution in [3.8, 4) is 0 Å². The molecule has 0 bridgehead atoms. The molecule has 1 aromatic rings. The van der Waals surface area contributed by atoms with Crippen LogP contribution in [0.3, 0.4) is 0 Å². The normalized spacial score (nSPS) is 31.2. The molecule has 3 rings (SSSR count). The molecule has 0 heteroatoms. The molecule has 0 N–H and O–H groups in total. The molecule has 0 heterocycles. The van der Waals surface area contributed by atoms with Gasteiger partial charge in [0.15, 0.2) is 0 Å². The van der Waals surface area contributed by atoms with Gasteiger partial charge >= 0.3 is 0 Å². The molecule has 84 valence electrons. The summed E-state index contributed by atoms with van der Waals surface area (Å²) in [5, 5.41) is 0. The van der Waals surface area contributed by atoms with Crippen LogP contribution in [0.15, 0.2) is 30.3 Å². The van der Waals surface area contributed by atoms with E-state index in [1.165, 1.54) is 31.2 Å². The van der Waals surface area contributed by atoms with Gasteiger partial charge in [-0.2, -0.15) is 0 Å². The van der Waals surface area contributed by atoms with Gasteiger partial charge in [-0.05, 0) is 41.7 Å². The predicted molar refractivity (Wildman–Crippen MR) is 69.3 cm³/mol. The fourth-order valence-corrected chi connectivity index (χ4v) is 3.70. The highest BCUT2D eigenvalue weighted by Gasteiger charge is 2.37. The Morgan fingerprint density at radius 1 is 1.19 bits per heavy atom. The lowest BCUT2D eigenvalue weighted by molar-refractivity contribution is 0.418. The molecular formula is C16H20. The number of hydrogen-bond donors (Lipinski definition) is 0. The van der Waals surface area contributed by atoms with E-state index in [9.17, 15) is 0 Å². The Bertz CT molecular complexity index is 402. The zero-order valence-corrected chi connectivity index (χ0v) is 10.0. The SMILES string of the molecule is CCCC1CCC2C=Cc3ccccc3C21. The molecule has 0 aliphatic heterocycles. The molecule has 1 aromatic carbocycles. The Labute approximate surface area is 98.4 Å². The maximum absolute atomic E-state index is 2.46. The second kappa shape index (κ2) is 4.08. The van der Waals surface area contributed by atoms with Crippen LogP contribution in [0.5, 0.6) is 0 Å². The minimum atomic E-state index is 0.821. The van der Waals surface area contributed by atoms with Crippen LogP contribution in [0.1, 0.15) is 49.7 Å². The fourth-order valence-electron chi connectivity index (χ4n) is 3.70. The van der Waals surface area contributed by atoms with Crippen LogP contribution >= 0.6 is 0 Å². The standard InChI is InChI=1S/C16H20/c1-2-5-13-10-11-14-9-8-12-6-3-4-7-15(12)16(13)14/h3-4,6-9,13-14,16H,2,5,10-11H2,1H3. The number of allylic oxidation sites excluding steroid dienone is 1. The van der Waals surface area contributed by atoms with Crippen LogP contribution in [0.2, 0.25) is 0 Å². The molecule has 2 aliphatic rings. The number of hydrogen-bond acceptors (Lipinski definition) is 0. The first-order valence-corrected chi connectivity index (χ1v) is 6.67. The van der Waals surface area contributed by atoms with Gasteiger partial charge in [-0.3, -0.25) is 0 Å². The first-order valence-electron chi connectivity index (χ1n) is 6.67. The van der Waals surface area contributed by atoms with Crippen LogP contribution in [0.4, 0.5) is 0 Å². The van der Waals surface area contributed by atoms with Gasteiger partial charge in [-0.1, -0.05) is 56.2 Å². The third-order valence-corrected chi connectivity index (χ3v) is 4.38. The summed E-state index contributed by atoms with van der Waals surface area (Å²) in [7, 11) is 0. The minimum Gasteiger partial charge on any atom is -0.0802 e. The highest BCUT2D eigenvalue weighted by molar-refractivity contribution is 5.59. The third-order valence-electron chi connectivity index (χ3n) is 4.38. The van der Waals surface area contributed by atoms with E-state index in [4.69, 9.17) is 0 Å². The maximum atomic E-state index is 2.46. The average molecular weight is 212 g/mol. The maximum Gasteiger partial charge on any atom is -0.00646 e. The molecule has 0 spiro atoms. The zero-order valence-electron chi connectivity index (χ0n) is 10.0. The lowest BCUT2D eigenvalue weighted by Gasteiger charge is -2.28. The van der Waals surface area contributed by atoms with Crippen LogP contribution in [-0.2, 0) is 0 Å². The second-order valence-corrected chi connectivity index (χ2v) is 5.30. The summed E-state index contributed by atoms with van der Waals surface area (Å²) in [6, 6.07) is 8.98. The lowest BCUT2D eigenvalue weighted by atomic mass is 9.76. The summed E-state index contributed by atoms with van der Waals surface area (Å²) in [6.07, 6.45) is 10.4. The summed E-state index contributed by atoms with van der Waals surface area (Å²) >= 11 is 0. The van der Waals surface area contributed by atoms with Gasteiger partial charge in [0.05, 0.1) is 0 Å². The highest BCUT2D eigenvalue weighted by atomic mass is 14.4. The van der Waals surface area contributed by atoms with E-state index in [1.807, 2.05) is 0 Å². The molecule has 2 aliphatic carbocycles. The van der Waals surface area contributed by atoms with Gasteiger partial charge in [0, 0.05) is 0 Å². The van der Waals surface area contributed by atoms with Crippen molar-refractivity contribution in [1.29, 1.82) is 0 Å². The molecule has 0 nitrogen and oxygen atoms in total. The molecular weight excluding hydrogens is 192 g/mol. The van der Waals surface area contributed by atoms with Gasteiger partial charge in [0.25, 0.3) is 0 Å². The number of rotatable bonds is 2. The summed E-state index contributed by atoms with van der Waals surface area (Å²) in [5.41, 5.74) is 3.08. The molecule has 0 aromatic heterocycles. The van der Waals surface area contributed by atoms with E-state index in [-0.39, 0.29) is 0 Å². The van der Waals surface area contributed by atoms with Crippen molar-refractivity contribution in [3.63, 3.8) is 0 Å². The van der Waals surface area contributed by atoms with E-state index in [1.54, 1.807) is 5.56 Å². The zero-order chi connectivity index (χ0) is 11.0. The lowest BCUT2D eigenvalue weighted by Crippen LogP contribution is -2.15. The van der Waals surface area contributed by atoms with E-state index in [2.05, 4.69) is 43.3 Å². The molecule has 0 radical (unpaired) electrons. The number of fused-ring (bicyclic) bond motifs is 3. The Hall–Kier alpha value is -1.04. The topological polar surface area (TPSA) is 0 Å². The Balaban J connectivity index is 1.98. The van der Waals surface area contributed by atoms with E-state index < -0.39 is 0 Å². The molecule has 3 atom stereocenters. The Morgan fingerprint density at radius 2 is 2.06 bits per heavy atom. The molecule has 0 saturated heterocycles. The molecule has 3 unspecified atom stereocenters. The van der Waals surface area contributed by atoms with Crippen LogP contribution in [0, 0.1) is 11.8 Å². The van der Waals surface area contributed by atoms with Gasteiger partial charge in [0.2, 0.25) is 0 Å². The van der Waals surface area contributed by atoms with Crippen LogP contribution in [-0.4, -0.2) is 0 Å². The van der Waals surface area contributed by atoms with Crippen molar-refractivity contribution in [2.24, 2.45) is 11.8 Å². The summed E-state index contributed by atoms with van der Waals surface area (Å²) in [4.78, 5) is 0.